The fourth-order valence-electron chi connectivity index (χ4n) is 4.31. The van der Waals surface area contributed by atoms with E-state index in [1.807, 2.05) is 29.4 Å². The molecule has 0 aromatic carbocycles. The van der Waals surface area contributed by atoms with Crippen molar-refractivity contribution in [2.45, 2.75) is 32.6 Å². The van der Waals surface area contributed by atoms with Crippen LogP contribution < -0.4 is 0 Å². The van der Waals surface area contributed by atoms with Crippen LogP contribution in [0.5, 0.6) is 0 Å². The Kier molecular flexibility index (Phi) is 4.94. The van der Waals surface area contributed by atoms with Crippen molar-refractivity contribution in [2.75, 3.05) is 26.2 Å². The summed E-state index contributed by atoms with van der Waals surface area (Å²) in [5.74, 6) is 0.179. The lowest BCUT2D eigenvalue weighted by Gasteiger charge is -2.34. The summed E-state index contributed by atoms with van der Waals surface area (Å²) in [6.45, 7) is 3.83. The Balaban J connectivity index is 1.36. The van der Waals surface area contributed by atoms with Crippen molar-refractivity contribution in [2.24, 2.45) is 0 Å². The van der Waals surface area contributed by atoms with Gasteiger partial charge in [-0.05, 0) is 50.3 Å². The fraction of sp³-hybridized carbons (Fsp3) is 0.409. The summed E-state index contributed by atoms with van der Waals surface area (Å²) >= 11 is 1.75. The van der Waals surface area contributed by atoms with Crippen LogP contribution in [0.2, 0.25) is 0 Å². The number of carbonyl (C=O) groups excluding carboxylic acids is 2. The molecule has 5 rings (SSSR count). The number of aryl methyl sites for hydroxylation is 2. The Morgan fingerprint density at radius 1 is 1.00 bits per heavy atom. The van der Waals surface area contributed by atoms with Gasteiger partial charge in [-0.3, -0.25) is 9.59 Å². The summed E-state index contributed by atoms with van der Waals surface area (Å²) in [6, 6.07) is 5.63. The SMILES string of the molecule is Cc1cc(C(=O)N2CCN(C(=O)c3c(-n4cccc4)sc4c3CCCC4)CC2)on1. The summed E-state index contributed by atoms with van der Waals surface area (Å²) in [7, 11) is 0. The standard InChI is InChI=1S/C22H24N4O3S/c1-15-14-17(29-23-15)20(27)24-10-12-25(13-11-24)21(28)19-16-6-2-3-7-18(16)30-22(19)26-8-4-5-9-26/h4-5,8-9,14H,2-3,6-7,10-13H2,1H3. The first kappa shape index (κ1) is 19.1. The van der Waals surface area contributed by atoms with E-state index in [4.69, 9.17) is 4.52 Å². The van der Waals surface area contributed by atoms with Crippen molar-refractivity contribution in [3.8, 4) is 5.00 Å². The number of rotatable bonds is 3. The van der Waals surface area contributed by atoms with Crippen molar-refractivity contribution >= 4 is 23.2 Å². The van der Waals surface area contributed by atoms with Gasteiger partial charge in [0.15, 0.2) is 0 Å². The van der Waals surface area contributed by atoms with Gasteiger partial charge in [-0.25, -0.2) is 0 Å². The maximum atomic E-state index is 13.6. The van der Waals surface area contributed by atoms with Crippen molar-refractivity contribution in [1.29, 1.82) is 0 Å². The molecule has 1 saturated heterocycles. The molecule has 0 bridgehead atoms. The highest BCUT2D eigenvalue weighted by Crippen LogP contribution is 2.37. The first-order chi connectivity index (χ1) is 14.6. The highest BCUT2D eigenvalue weighted by atomic mass is 32.1. The molecular weight excluding hydrogens is 400 g/mol. The molecule has 2 amide bonds. The first-order valence-electron chi connectivity index (χ1n) is 10.4. The van der Waals surface area contributed by atoms with E-state index < -0.39 is 0 Å². The van der Waals surface area contributed by atoms with Gasteiger partial charge in [0.05, 0.1) is 11.3 Å². The summed E-state index contributed by atoms with van der Waals surface area (Å²) in [5.41, 5.74) is 2.78. The van der Waals surface area contributed by atoms with Gasteiger partial charge in [0, 0.05) is 49.5 Å². The van der Waals surface area contributed by atoms with Crippen LogP contribution in [0, 0.1) is 6.92 Å². The van der Waals surface area contributed by atoms with Crippen LogP contribution in [0.15, 0.2) is 35.1 Å². The van der Waals surface area contributed by atoms with Crippen LogP contribution in [0.3, 0.4) is 0 Å². The number of thiophene rings is 1. The third-order valence-electron chi connectivity index (χ3n) is 5.90. The van der Waals surface area contributed by atoms with Gasteiger partial charge < -0.3 is 18.9 Å². The predicted molar refractivity (Wildman–Crippen MR) is 113 cm³/mol. The maximum absolute atomic E-state index is 13.6. The maximum Gasteiger partial charge on any atom is 0.292 e. The van der Waals surface area contributed by atoms with E-state index in [1.165, 1.54) is 16.9 Å². The quantitative estimate of drug-likeness (QED) is 0.647. The number of fused-ring (bicyclic) bond motifs is 1. The molecule has 1 aliphatic heterocycles. The number of amides is 2. The molecule has 7 nitrogen and oxygen atoms in total. The monoisotopic (exact) mass is 424 g/mol. The van der Waals surface area contributed by atoms with Crippen LogP contribution in [-0.2, 0) is 12.8 Å². The van der Waals surface area contributed by atoms with Crippen LogP contribution in [-0.4, -0.2) is 57.5 Å². The molecule has 0 saturated carbocycles. The van der Waals surface area contributed by atoms with Gasteiger partial charge in [0.25, 0.3) is 11.8 Å². The van der Waals surface area contributed by atoms with Crippen LogP contribution in [0.1, 0.15) is 49.9 Å². The Labute approximate surface area is 178 Å². The van der Waals surface area contributed by atoms with Crippen LogP contribution in [0.4, 0.5) is 0 Å². The molecule has 1 aliphatic carbocycles. The first-order valence-corrected chi connectivity index (χ1v) is 11.2. The van der Waals surface area contributed by atoms with Gasteiger partial charge in [-0.15, -0.1) is 11.3 Å². The largest absolute Gasteiger partial charge is 0.351 e. The Morgan fingerprint density at radius 3 is 2.33 bits per heavy atom. The van der Waals surface area contributed by atoms with Crippen molar-refractivity contribution in [3.05, 3.63) is 58.1 Å². The highest BCUT2D eigenvalue weighted by molar-refractivity contribution is 7.15. The minimum Gasteiger partial charge on any atom is -0.351 e. The Bertz CT molecular complexity index is 1070. The number of piperazine rings is 1. The zero-order valence-corrected chi connectivity index (χ0v) is 17.8. The second kappa shape index (κ2) is 7.75. The third kappa shape index (κ3) is 3.35. The summed E-state index contributed by atoms with van der Waals surface area (Å²) in [4.78, 5) is 31.2. The molecule has 156 valence electrons. The van der Waals surface area contributed by atoms with E-state index in [1.54, 1.807) is 29.2 Å². The topological polar surface area (TPSA) is 71.6 Å². The van der Waals surface area contributed by atoms with E-state index in [2.05, 4.69) is 9.72 Å². The average molecular weight is 425 g/mol. The Hall–Kier alpha value is -2.87. The number of hydrogen-bond acceptors (Lipinski definition) is 5. The summed E-state index contributed by atoms with van der Waals surface area (Å²) < 4.78 is 7.17. The minimum absolute atomic E-state index is 0.0840. The zero-order chi connectivity index (χ0) is 20.7. The van der Waals surface area contributed by atoms with E-state index in [9.17, 15) is 9.59 Å². The lowest BCUT2D eigenvalue weighted by atomic mass is 9.95. The van der Waals surface area contributed by atoms with Crippen molar-refractivity contribution in [3.63, 3.8) is 0 Å². The molecule has 3 aromatic rings. The molecule has 0 spiro atoms. The molecule has 0 unspecified atom stereocenters. The van der Waals surface area contributed by atoms with Crippen molar-refractivity contribution in [1.82, 2.24) is 19.5 Å². The average Bonchev–Trinajstić information content (AvgIpc) is 3.52. The van der Waals surface area contributed by atoms with Gasteiger partial charge in [0.2, 0.25) is 5.76 Å². The van der Waals surface area contributed by atoms with Gasteiger partial charge in [-0.1, -0.05) is 5.16 Å². The van der Waals surface area contributed by atoms with Crippen LogP contribution in [0.25, 0.3) is 5.00 Å². The number of carbonyl (C=O) groups is 2. The smallest absolute Gasteiger partial charge is 0.292 e. The lowest BCUT2D eigenvalue weighted by molar-refractivity contribution is 0.0512. The fourth-order valence-corrected chi connectivity index (χ4v) is 5.66. The molecule has 30 heavy (non-hydrogen) atoms. The second-order valence-corrected chi connectivity index (χ2v) is 8.98. The van der Waals surface area contributed by atoms with Crippen molar-refractivity contribution < 1.29 is 14.1 Å². The minimum atomic E-state index is -0.163. The molecule has 1 fully saturated rings. The zero-order valence-electron chi connectivity index (χ0n) is 17.0. The molecule has 0 radical (unpaired) electrons. The second-order valence-electron chi connectivity index (χ2n) is 7.90. The normalized spacial score (nSPS) is 16.6. The van der Waals surface area contributed by atoms with Gasteiger partial charge in [0.1, 0.15) is 5.00 Å². The third-order valence-corrected chi connectivity index (χ3v) is 7.20. The molecule has 0 N–H and O–H groups in total. The molecule has 0 atom stereocenters. The van der Waals surface area contributed by atoms with E-state index in [0.717, 1.165) is 29.8 Å². The van der Waals surface area contributed by atoms with E-state index in [-0.39, 0.29) is 17.6 Å². The van der Waals surface area contributed by atoms with Gasteiger partial charge in [-0.2, -0.15) is 0 Å². The van der Waals surface area contributed by atoms with E-state index in [0.29, 0.717) is 31.9 Å². The predicted octanol–water partition coefficient (Wildman–Crippen LogP) is 3.31. The molecule has 2 aliphatic rings. The van der Waals surface area contributed by atoms with Gasteiger partial charge >= 0.3 is 0 Å². The highest BCUT2D eigenvalue weighted by Gasteiger charge is 2.32. The molecule has 8 heteroatoms. The number of aromatic nitrogens is 2. The Morgan fingerprint density at radius 2 is 1.67 bits per heavy atom. The summed E-state index contributed by atoms with van der Waals surface area (Å²) in [6.07, 6.45) is 8.36. The number of nitrogens with zero attached hydrogens (tertiary/aromatic N) is 4. The van der Waals surface area contributed by atoms with Crippen LogP contribution >= 0.6 is 11.3 Å². The lowest BCUT2D eigenvalue weighted by Crippen LogP contribution is -2.50. The molecular formula is C22H24N4O3S. The van der Waals surface area contributed by atoms with E-state index >= 15 is 0 Å². The summed E-state index contributed by atoms with van der Waals surface area (Å²) in [5, 5.41) is 4.82. The molecule has 3 aromatic heterocycles. The number of hydrogen-bond donors (Lipinski definition) is 0. The molecule has 4 heterocycles.